The molecule has 4 aromatic rings. The molecule has 0 amide bonds. The number of esters is 1. The lowest BCUT2D eigenvalue weighted by Crippen LogP contribution is -2.35. The van der Waals surface area contributed by atoms with Gasteiger partial charge in [0.15, 0.2) is 9.84 Å². The van der Waals surface area contributed by atoms with Crippen LogP contribution in [0, 0.1) is 5.82 Å². The molecule has 0 atom stereocenters. The van der Waals surface area contributed by atoms with Gasteiger partial charge in [0.1, 0.15) is 40.1 Å². The zero-order valence-electron chi connectivity index (χ0n) is 22.6. The van der Waals surface area contributed by atoms with Crippen molar-refractivity contribution in [1.82, 2.24) is 0 Å². The monoisotopic (exact) mass is 601 g/mol. The fourth-order valence-corrected chi connectivity index (χ4v) is 6.99. The van der Waals surface area contributed by atoms with Crippen LogP contribution in [0.1, 0.15) is 41.6 Å². The zero-order chi connectivity index (χ0) is 29.5. The first-order valence-corrected chi connectivity index (χ1v) is 16.7. The van der Waals surface area contributed by atoms with Crippen LogP contribution in [-0.2, 0) is 24.6 Å². The number of ether oxygens (including phenoxy) is 2. The van der Waals surface area contributed by atoms with Crippen LogP contribution in [0.5, 0.6) is 11.5 Å². The SMILES string of the molecule is CCOC(=O)c1c(-c2ccc(Oc3ccc(F)cc3)cc2)oc2cc(N(CS(C)(=O)=O)S(C)(=O)=O)c(C3CC3)cc12. The number of halogens is 1. The Balaban J connectivity index is 1.63. The summed E-state index contributed by atoms with van der Waals surface area (Å²) in [5.41, 5.74) is 1.73. The van der Waals surface area contributed by atoms with Gasteiger partial charge in [-0.15, -0.1) is 0 Å². The molecule has 0 unspecified atom stereocenters. The van der Waals surface area contributed by atoms with Gasteiger partial charge in [0, 0.05) is 23.3 Å². The average Bonchev–Trinajstić information content (AvgIpc) is 3.67. The molecule has 5 rings (SSSR count). The lowest BCUT2D eigenvalue weighted by molar-refractivity contribution is 0.0528. The third kappa shape index (κ3) is 6.38. The van der Waals surface area contributed by atoms with Gasteiger partial charge in [-0.3, -0.25) is 4.31 Å². The predicted molar refractivity (Wildman–Crippen MR) is 153 cm³/mol. The van der Waals surface area contributed by atoms with Crippen molar-refractivity contribution in [2.75, 3.05) is 29.3 Å². The Morgan fingerprint density at radius 3 is 2.12 bits per heavy atom. The number of sulfone groups is 1. The normalized spacial score (nSPS) is 13.8. The summed E-state index contributed by atoms with van der Waals surface area (Å²) in [5, 5.41) is 0.434. The first kappa shape index (κ1) is 28.6. The van der Waals surface area contributed by atoms with Crippen LogP contribution in [-0.4, -0.2) is 47.8 Å². The summed E-state index contributed by atoms with van der Waals surface area (Å²) in [5.74, 6) is -0.595. The zero-order valence-corrected chi connectivity index (χ0v) is 24.2. The predicted octanol–water partition coefficient (Wildman–Crippen LogP) is 5.85. The van der Waals surface area contributed by atoms with E-state index in [1.165, 1.54) is 30.3 Å². The highest BCUT2D eigenvalue weighted by molar-refractivity contribution is 7.95. The van der Waals surface area contributed by atoms with E-state index in [0.717, 1.165) is 29.7 Å². The third-order valence-electron chi connectivity index (χ3n) is 6.52. The van der Waals surface area contributed by atoms with E-state index in [9.17, 15) is 26.0 Å². The Labute approximate surface area is 237 Å². The molecule has 41 heavy (non-hydrogen) atoms. The highest BCUT2D eigenvalue weighted by atomic mass is 32.2. The van der Waals surface area contributed by atoms with E-state index in [4.69, 9.17) is 13.9 Å². The number of anilines is 1. The minimum absolute atomic E-state index is 0.00880. The van der Waals surface area contributed by atoms with E-state index >= 15 is 0 Å². The fourth-order valence-electron chi connectivity index (χ4n) is 4.57. The Hall–Kier alpha value is -3.90. The molecule has 0 aliphatic heterocycles. The molecular weight excluding hydrogens is 573 g/mol. The smallest absolute Gasteiger partial charge is 0.342 e. The molecule has 1 heterocycles. The molecule has 0 bridgehead atoms. The minimum atomic E-state index is -3.98. The van der Waals surface area contributed by atoms with Crippen molar-refractivity contribution in [2.45, 2.75) is 25.7 Å². The molecule has 9 nitrogen and oxygen atoms in total. The van der Waals surface area contributed by atoms with Crippen molar-refractivity contribution in [3.05, 3.63) is 77.6 Å². The molecule has 1 aliphatic carbocycles. The van der Waals surface area contributed by atoms with Gasteiger partial charge >= 0.3 is 5.97 Å². The van der Waals surface area contributed by atoms with Crippen LogP contribution >= 0.6 is 0 Å². The first-order valence-electron chi connectivity index (χ1n) is 12.8. The van der Waals surface area contributed by atoms with Crippen molar-refractivity contribution in [1.29, 1.82) is 0 Å². The topological polar surface area (TPSA) is 120 Å². The lowest BCUT2D eigenvalue weighted by atomic mass is 10.0. The number of furan rings is 1. The summed E-state index contributed by atoms with van der Waals surface area (Å²) in [6.45, 7) is 1.81. The average molecular weight is 602 g/mol. The summed E-state index contributed by atoms with van der Waals surface area (Å²) >= 11 is 0. The Bertz CT molecular complexity index is 1830. The number of hydrogen-bond donors (Lipinski definition) is 0. The number of sulfonamides is 1. The van der Waals surface area contributed by atoms with E-state index in [1.807, 2.05) is 0 Å². The molecule has 1 aliphatic rings. The standard InChI is InChI=1S/C29H28FNO8S2/c1-4-37-29(32)27-24-15-23(18-5-6-18)25(31(41(3,35)36)17-40(2,33)34)16-26(24)39-28(27)19-7-11-21(12-8-19)38-22-13-9-20(30)10-14-22/h7-16,18H,4-6,17H2,1-3H3. The summed E-state index contributed by atoms with van der Waals surface area (Å²) in [7, 11) is -7.69. The fraction of sp³-hybridized carbons (Fsp3) is 0.276. The van der Waals surface area contributed by atoms with Gasteiger partial charge in [0.25, 0.3) is 0 Å². The van der Waals surface area contributed by atoms with E-state index in [0.29, 0.717) is 28.0 Å². The van der Waals surface area contributed by atoms with Crippen LogP contribution < -0.4 is 9.04 Å². The molecule has 216 valence electrons. The van der Waals surface area contributed by atoms with Crippen molar-refractivity contribution in [3.8, 4) is 22.8 Å². The van der Waals surface area contributed by atoms with Crippen LogP contribution in [0.4, 0.5) is 10.1 Å². The maximum atomic E-state index is 13.2. The van der Waals surface area contributed by atoms with Crippen molar-refractivity contribution in [3.63, 3.8) is 0 Å². The molecule has 0 radical (unpaired) electrons. The van der Waals surface area contributed by atoms with E-state index in [1.54, 1.807) is 37.3 Å². The highest BCUT2D eigenvalue weighted by Crippen LogP contribution is 2.48. The molecule has 12 heteroatoms. The number of hydrogen-bond acceptors (Lipinski definition) is 8. The third-order valence-corrected chi connectivity index (χ3v) is 8.54. The maximum Gasteiger partial charge on any atom is 0.342 e. The van der Waals surface area contributed by atoms with Gasteiger partial charge in [-0.1, -0.05) is 0 Å². The molecule has 3 aromatic carbocycles. The van der Waals surface area contributed by atoms with E-state index in [-0.39, 0.29) is 40.9 Å². The van der Waals surface area contributed by atoms with Crippen molar-refractivity contribution in [2.24, 2.45) is 0 Å². The Morgan fingerprint density at radius 2 is 1.59 bits per heavy atom. The number of rotatable bonds is 10. The van der Waals surface area contributed by atoms with Crippen LogP contribution in [0.3, 0.4) is 0 Å². The molecule has 1 saturated carbocycles. The maximum absolute atomic E-state index is 13.2. The van der Waals surface area contributed by atoms with Crippen LogP contribution in [0.2, 0.25) is 0 Å². The van der Waals surface area contributed by atoms with Gasteiger partial charge in [-0.05, 0) is 85.8 Å². The molecule has 1 aromatic heterocycles. The largest absolute Gasteiger partial charge is 0.462 e. The molecular formula is C29H28FNO8S2. The van der Waals surface area contributed by atoms with Crippen LogP contribution in [0.15, 0.2) is 65.1 Å². The Kier molecular flexibility index (Phi) is 7.56. The summed E-state index contributed by atoms with van der Waals surface area (Å²) in [6, 6.07) is 15.5. The van der Waals surface area contributed by atoms with Crippen molar-refractivity contribution < 1.29 is 39.9 Å². The Morgan fingerprint density at radius 1 is 0.976 bits per heavy atom. The highest BCUT2D eigenvalue weighted by Gasteiger charge is 2.34. The molecule has 0 N–H and O–H groups in total. The van der Waals surface area contributed by atoms with Gasteiger partial charge in [-0.2, -0.15) is 0 Å². The van der Waals surface area contributed by atoms with Gasteiger partial charge < -0.3 is 13.9 Å². The number of benzene rings is 3. The number of carbonyl (C=O) groups is 1. The molecule has 1 fully saturated rings. The van der Waals surface area contributed by atoms with Crippen molar-refractivity contribution >= 4 is 42.5 Å². The summed E-state index contributed by atoms with van der Waals surface area (Å²) in [6.07, 6.45) is 3.51. The number of carbonyl (C=O) groups excluding carboxylic acids is 1. The lowest BCUT2D eigenvalue weighted by Gasteiger charge is -2.24. The molecule has 0 spiro atoms. The summed E-state index contributed by atoms with van der Waals surface area (Å²) < 4.78 is 81.1. The quantitative estimate of drug-likeness (QED) is 0.208. The van der Waals surface area contributed by atoms with E-state index < -0.39 is 31.7 Å². The van der Waals surface area contributed by atoms with Gasteiger partial charge in [0.2, 0.25) is 10.0 Å². The minimum Gasteiger partial charge on any atom is -0.462 e. The first-order chi connectivity index (χ1) is 19.3. The van der Waals surface area contributed by atoms with E-state index in [2.05, 4.69) is 0 Å². The number of fused-ring (bicyclic) bond motifs is 1. The second kappa shape index (κ2) is 10.8. The molecule has 0 saturated heterocycles. The van der Waals surface area contributed by atoms with Crippen LogP contribution in [0.25, 0.3) is 22.3 Å². The van der Waals surface area contributed by atoms with Gasteiger partial charge in [0.05, 0.1) is 18.6 Å². The summed E-state index contributed by atoms with van der Waals surface area (Å²) in [4.78, 5) is 13.2. The van der Waals surface area contributed by atoms with Gasteiger partial charge in [-0.25, -0.2) is 26.0 Å². The number of nitrogens with zero attached hydrogens (tertiary/aromatic N) is 1. The second-order valence-electron chi connectivity index (χ2n) is 9.95. The second-order valence-corrected chi connectivity index (χ2v) is 14.0.